The molecule has 0 bridgehead atoms. The Balaban J connectivity index is 2.51. The lowest BCUT2D eigenvalue weighted by Gasteiger charge is -2.12. The van der Waals surface area contributed by atoms with Crippen molar-refractivity contribution < 1.29 is 5.11 Å². The maximum atomic E-state index is 9.63. The van der Waals surface area contributed by atoms with E-state index in [-0.39, 0.29) is 0 Å². The number of hydrogen-bond acceptors (Lipinski definition) is 3. The highest BCUT2D eigenvalue weighted by molar-refractivity contribution is 5.67. The molecule has 1 unspecified atom stereocenters. The summed E-state index contributed by atoms with van der Waals surface area (Å²) in [6, 6.07) is 5.63. The van der Waals surface area contributed by atoms with Crippen molar-refractivity contribution in [2.45, 2.75) is 5.92 Å². The molecule has 2 rings (SSSR count). The minimum absolute atomic E-state index is 0.357. The van der Waals surface area contributed by atoms with E-state index in [4.69, 9.17) is 5.73 Å². The molecule has 3 nitrogen and oxygen atoms in total. The summed E-state index contributed by atoms with van der Waals surface area (Å²) in [7, 11) is 1.98. The molecule has 0 saturated heterocycles. The first-order valence-electron chi connectivity index (χ1n) is 4.47. The van der Waals surface area contributed by atoms with E-state index in [1.54, 1.807) is 6.07 Å². The number of hydrogen-bond donors (Lipinski definition) is 2. The van der Waals surface area contributed by atoms with Gasteiger partial charge in [-0.15, -0.1) is 0 Å². The molecule has 0 saturated carbocycles. The third-order valence-corrected chi connectivity index (χ3v) is 2.65. The first kappa shape index (κ1) is 8.38. The lowest BCUT2D eigenvalue weighted by molar-refractivity contribution is 0.476. The second-order valence-electron chi connectivity index (χ2n) is 3.53. The molecule has 1 aliphatic rings. The van der Waals surface area contributed by atoms with Crippen molar-refractivity contribution >= 4 is 5.69 Å². The molecule has 3 heteroatoms. The van der Waals surface area contributed by atoms with Crippen LogP contribution in [-0.2, 0) is 0 Å². The summed E-state index contributed by atoms with van der Waals surface area (Å²) in [6.45, 7) is 1.55. The Morgan fingerprint density at radius 1 is 1.62 bits per heavy atom. The minimum atomic E-state index is 0.357. The monoisotopic (exact) mass is 178 g/mol. The number of fused-ring (bicyclic) bond motifs is 1. The second-order valence-corrected chi connectivity index (χ2v) is 3.53. The van der Waals surface area contributed by atoms with E-state index in [0.29, 0.717) is 18.2 Å². The third kappa shape index (κ3) is 1.16. The Labute approximate surface area is 77.8 Å². The van der Waals surface area contributed by atoms with Crippen molar-refractivity contribution in [3.63, 3.8) is 0 Å². The predicted molar refractivity (Wildman–Crippen MR) is 53.2 cm³/mol. The van der Waals surface area contributed by atoms with E-state index in [2.05, 4.69) is 4.90 Å². The maximum absolute atomic E-state index is 9.63. The molecule has 1 heterocycles. The molecule has 0 amide bonds. The number of phenols is 1. The van der Waals surface area contributed by atoms with Gasteiger partial charge < -0.3 is 15.7 Å². The fourth-order valence-corrected chi connectivity index (χ4v) is 2.02. The molecule has 1 aromatic rings. The summed E-state index contributed by atoms with van der Waals surface area (Å²) in [6.07, 6.45) is 0. The second kappa shape index (κ2) is 2.92. The molecule has 0 radical (unpaired) electrons. The van der Waals surface area contributed by atoms with Gasteiger partial charge in [0.25, 0.3) is 0 Å². The van der Waals surface area contributed by atoms with Gasteiger partial charge >= 0.3 is 0 Å². The van der Waals surface area contributed by atoms with Crippen LogP contribution >= 0.6 is 0 Å². The SMILES string of the molecule is CN1CC(CN)c2cccc(O)c21. The molecule has 1 aromatic carbocycles. The molecule has 3 N–H and O–H groups in total. The number of nitrogens with zero attached hydrogens (tertiary/aromatic N) is 1. The predicted octanol–water partition coefficient (Wildman–Crippen LogP) is 0.884. The average molecular weight is 178 g/mol. The fourth-order valence-electron chi connectivity index (χ4n) is 2.02. The molecule has 0 aromatic heterocycles. The van der Waals surface area contributed by atoms with Gasteiger partial charge in [0.1, 0.15) is 5.75 Å². The van der Waals surface area contributed by atoms with Crippen LogP contribution in [0.2, 0.25) is 0 Å². The average Bonchev–Trinajstić information content (AvgIpc) is 2.44. The number of rotatable bonds is 1. The van der Waals surface area contributed by atoms with E-state index >= 15 is 0 Å². The smallest absolute Gasteiger partial charge is 0.139 e. The highest BCUT2D eigenvalue weighted by Gasteiger charge is 2.27. The molecular formula is C10H14N2O. The summed E-state index contributed by atoms with van der Waals surface area (Å²) in [5.41, 5.74) is 7.77. The van der Waals surface area contributed by atoms with Crippen LogP contribution in [0.4, 0.5) is 5.69 Å². The summed E-state index contributed by atoms with van der Waals surface area (Å²) in [5, 5.41) is 9.63. The Morgan fingerprint density at radius 3 is 3.08 bits per heavy atom. The first-order valence-corrected chi connectivity index (χ1v) is 4.47. The van der Waals surface area contributed by atoms with Gasteiger partial charge in [-0.3, -0.25) is 0 Å². The number of likely N-dealkylation sites (N-methyl/N-ethyl adjacent to an activating group) is 1. The van der Waals surface area contributed by atoms with Crippen LogP contribution in [0, 0.1) is 0 Å². The number of nitrogens with two attached hydrogens (primary N) is 1. The normalized spacial score (nSPS) is 20.5. The van der Waals surface area contributed by atoms with Crippen LogP contribution in [0.1, 0.15) is 11.5 Å². The van der Waals surface area contributed by atoms with Crippen LogP contribution in [0.5, 0.6) is 5.75 Å². The zero-order valence-corrected chi connectivity index (χ0v) is 7.70. The van der Waals surface area contributed by atoms with Gasteiger partial charge in [0.2, 0.25) is 0 Å². The topological polar surface area (TPSA) is 49.5 Å². The van der Waals surface area contributed by atoms with Crippen molar-refractivity contribution in [3.8, 4) is 5.75 Å². The molecule has 0 aliphatic carbocycles. The summed E-state index contributed by atoms with van der Waals surface area (Å²) >= 11 is 0. The zero-order chi connectivity index (χ0) is 9.42. The Kier molecular flexibility index (Phi) is 1.88. The largest absolute Gasteiger partial charge is 0.506 e. The van der Waals surface area contributed by atoms with Crippen molar-refractivity contribution in [1.82, 2.24) is 0 Å². The molecular weight excluding hydrogens is 164 g/mol. The van der Waals surface area contributed by atoms with E-state index in [0.717, 1.165) is 12.2 Å². The van der Waals surface area contributed by atoms with Crippen LogP contribution < -0.4 is 10.6 Å². The zero-order valence-electron chi connectivity index (χ0n) is 7.70. The van der Waals surface area contributed by atoms with E-state index in [9.17, 15) is 5.11 Å². The quantitative estimate of drug-likeness (QED) is 0.671. The number of phenolic OH excluding ortho intramolecular Hbond substituents is 1. The molecule has 1 aliphatic heterocycles. The molecule has 70 valence electrons. The van der Waals surface area contributed by atoms with Gasteiger partial charge in [-0.25, -0.2) is 0 Å². The lowest BCUT2D eigenvalue weighted by atomic mass is 10.0. The Hall–Kier alpha value is -1.22. The molecule has 0 spiro atoms. The van der Waals surface area contributed by atoms with Crippen molar-refractivity contribution in [2.24, 2.45) is 5.73 Å². The van der Waals surface area contributed by atoms with Gasteiger partial charge in [0, 0.05) is 26.1 Å². The van der Waals surface area contributed by atoms with Crippen molar-refractivity contribution in [1.29, 1.82) is 0 Å². The Bertz CT molecular complexity index is 325. The first-order chi connectivity index (χ1) is 6.24. The lowest BCUT2D eigenvalue weighted by Crippen LogP contribution is -2.20. The molecule has 1 atom stereocenters. The van der Waals surface area contributed by atoms with Crippen molar-refractivity contribution in [2.75, 3.05) is 25.0 Å². The van der Waals surface area contributed by atoms with Crippen LogP contribution in [-0.4, -0.2) is 25.2 Å². The van der Waals surface area contributed by atoms with Crippen LogP contribution in [0.15, 0.2) is 18.2 Å². The van der Waals surface area contributed by atoms with Gasteiger partial charge in [-0.2, -0.15) is 0 Å². The third-order valence-electron chi connectivity index (χ3n) is 2.65. The molecule has 13 heavy (non-hydrogen) atoms. The fraction of sp³-hybridized carbons (Fsp3) is 0.400. The van der Waals surface area contributed by atoms with Gasteiger partial charge in [-0.05, 0) is 11.6 Å². The van der Waals surface area contributed by atoms with Crippen LogP contribution in [0.25, 0.3) is 0 Å². The van der Waals surface area contributed by atoms with Crippen LogP contribution in [0.3, 0.4) is 0 Å². The number of para-hydroxylation sites is 1. The van der Waals surface area contributed by atoms with E-state index < -0.39 is 0 Å². The molecule has 0 fully saturated rings. The Morgan fingerprint density at radius 2 is 2.38 bits per heavy atom. The number of anilines is 1. The summed E-state index contributed by atoms with van der Waals surface area (Å²) in [4.78, 5) is 2.06. The summed E-state index contributed by atoms with van der Waals surface area (Å²) < 4.78 is 0. The standard InChI is InChI=1S/C10H14N2O/c1-12-6-7(5-11)8-3-2-4-9(13)10(8)12/h2-4,7,13H,5-6,11H2,1H3. The minimum Gasteiger partial charge on any atom is -0.506 e. The summed E-state index contributed by atoms with van der Waals surface area (Å²) in [5.74, 6) is 0.725. The van der Waals surface area contributed by atoms with Gasteiger partial charge in [-0.1, -0.05) is 12.1 Å². The van der Waals surface area contributed by atoms with E-state index in [1.807, 2.05) is 19.2 Å². The highest BCUT2D eigenvalue weighted by atomic mass is 16.3. The maximum Gasteiger partial charge on any atom is 0.139 e. The van der Waals surface area contributed by atoms with Gasteiger partial charge in [0.15, 0.2) is 0 Å². The van der Waals surface area contributed by atoms with Crippen molar-refractivity contribution in [3.05, 3.63) is 23.8 Å². The highest BCUT2D eigenvalue weighted by Crippen LogP contribution is 2.40. The number of aromatic hydroxyl groups is 1. The van der Waals surface area contributed by atoms with Gasteiger partial charge in [0.05, 0.1) is 5.69 Å². The number of benzene rings is 1. The van der Waals surface area contributed by atoms with E-state index in [1.165, 1.54) is 5.56 Å².